The van der Waals surface area contributed by atoms with E-state index in [1.54, 1.807) is 0 Å². The number of alkyl halides is 1. The monoisotopic (exact) mass is 304 g/mol. The number of benzene rings is 2. The van der Waals surface area contributed by atoms with E-state index in [9.17, 15) is 0 Å². The third-order valence-electron chi connectivity index (χ3n) is 3.14. The first-order chi connectivity index (χ1) is 10.3. The summed E-state index contributed by atoms with van der Waals surface area (Å²) >= 11 is 5.77. The van der Waals surface area contributed by atoms with Gasteiger partial charge in [-0.2, -0.15) is 0 Å². The number of hydrogen-bond donors (Lipinski definition) is 0. The van der Waals surface area contributed by atoms with Gasteiger partial charge in [-0.3, -0.25) is 0 Å². The predicted octanol–water partition coefficient (Wildman–Crippen LogP) is 5.79. The summed E-state index contributed by atoms with van der Waals surface area (Å²) in [5, 5.41) is 0. The molecule has 0 aliphatic heterocycles. The summed E-state index contributed by atoms with van der Waals surface area (Å²) in [4.78, 5) is 0. The van der Waals surface area contributed by atoms with E-state index in [0.717, 1.165) is 35.8 Å². The maximum absolute atomic E-state index is 5.82. The molecule has 112 valence electrons. The lowest BCUT2D eigenvalue weighted by molar-refractivity contribution is 0.305. The second-order valence-electron chi connectivity index (χ2n) is 4.91. The van der Waals surface area contributed by atoms with Crippen LogP contribution < -0.4 is 9.47 Å². The quantitative estimate of drug-likeness (QED) is 0.454. The molecule has 21 heavy (non-hydrogen) atoms. The molecule has 0 bridgehead atoms. The highest BCUT2D eigenvalue weighted by molar-refractivity contribution is 6.17. The largest absolute Gasteiger partial charge is 0.493 e. The van der Waals surface area contributed by atoms with Crippen LogP contribution in [-0.2, 0) is 5.88 Å². The number of hydrogen-bond acceptors (Lipinski definition) is 2. The van der Waals surface area contributed by atoms with Crippen molar-refractivity contribution in [3.63, 3.8) is 0 Å². The Morgan fingerprint density at radius 1 is 0.905 bits per heavy atom. The normalized spacial score (nSPS) is 10.4. The van der Waals surface area contributed by atoms with Gasteiger partial charge in [0.1, 0.15) is 17.2 Å². The molecular weight excluding hydrogens is 284 g/mol. The molecule has 0 amide bonds. The Kier molecular flexibility index (Phi) is 6.42. The van der Waals surface area contributed by atoms with E-state index >= 15 is 0 Å². The first-order valence-corrected chi connectivity index (χ1v) is 7.91. The highest BCUT2D eigenvalue weighted by atomic mass is 35.5. The van der Waals surface area contributed by atoms with Gasteiger partial charge < -0.3 is 9.47 Å². The number of rotatable bonds is 8. The van der Waals surface area contributed by atoms with Crippen molar-refractivity contribution >= 4 is 11.6 Å². The van der Waals surface area contributed by atoms with E-state index in [4.69, 9.17) is 21.1 Å². The molecular formula is C18H21ClO2. The molecule has 0 N–H and O–H groups in total. The zero-order valence-corrected chi connectivity index (χ0v) is 13.1. The fourth-order valence-electron chi connectivity index (χ4n) is 1.95. The van der Waals surface area contributed by atoms with Crippen LogP contribution in [0.25, 0.3) is 0 Å². The first kappa shape index (κ1) is 15.7. The molecule has 0 unspecified atom stereocenters. The van der Waals surface area contributed by atoms with Gasteiger partial charge in [-0.05, 0) is 36.2 Å². The highest BCUT2D eigenvalue weighted by Gasteiger charge is 2.00. The van der Waals surface area contributed by atoms with Gasteiger partial charge in [0.05, 0.1) is 6.61 Å². The van der Waals surface area contributed by atoms with Crippen LogP contribution in [0.15, 0.2) is 48.5 Å². The molecule has 0 aliphatic carbocycles. The van der Waals surface area contributed by atoms with Crippen molar-refractivity contribution in [2.45, 2.75) is 32.1 Å². The first-order valence-electron chi connectivity index (χ1n) is 7.37. The topological polar surface area (TPSA) is 18.5 Å². The van der Waals surface area contributed by atoms with E-state index in [0.29, 0.717) is 5.88 Å². The van der Waals surface area contributed by atoms with Crippen LogP contribution in [-0.4, -0.2) is 6.61 Å². The fraction of sp³-hybridized carbons (Fsp3) is 0.333. The Morgan fingerprint density at radius 2 is 1.67 bits per heavy atom. The van der Waals surface area contributed by atoms with Crippen molar-refractivity contribution in [3.8, 4) is 17.2 Å². The molecule has 0 fully saturated rings. The SMILES string of the molecule is CCCCCOc1cccc(Oc2ccc(CCl)cc2)c1. The number of halogens is 1. The number of unbranched alkanes of at least 4 members (excludes halogenated alkanes) is 2. The molecule has 0 saturated heterocycles. The summed E-state index contributed by atoms with van der Waals surface area (Å²) in [5.74, 6) is 2.94. The molecule has 0 atom stereocenters. The highest BCUT2D eigenvalue weighted by Crippen LogP contribution is 2.25. The Morgan fingerprint density at radius 3 is 2.38 bits per heavy atom. The standard InChI is InChI=1S/C18H21ClO2/c1-2-3-4-12-20-17-6-5-7-18(13-17)21-16-10-8-15(14-19)9-11-16/h5-11,13H,2-4,12,14H2,1H3. The van der Waals surface area contributed by atoms with Gasteiger partial charge in [0.25, 0.3) is 0 Å². The molecule has 0 radical (unpaired) electrons. The van der Waals surface area contributed by atoms with Crippen molar-refractivity contribution in [2.75, 3.05) is 6.61 Å². The van der Waals surface area contributed by atoms with Crippen LogP contribution in [0.5, 0.6) is 17.2 Å². The zero-order chi connectivity index (χ0) is 14.9. The summed E-state index contributed by atoms with van der Waals surface area (Å²) in [7, 11) is 0. The van der Waals surface area contributed by atoms with Gasteiger partial charge in [-0.15, -0.1) is 11.6 Å². The Hall–Kier alpha value is -1.67. The molecule has 0 heterocycles. The number of ether oxygens (including phenoxy) is 2. The zero-order valence-electron chi connectivity index (χ0n) is 12.3. The van der Waals surface area contributed by atoms with Crippen LogP contribution in [0, 0.1) is 0 Å². The van der Waals surface area contributed by atoms with Gasteiger partial charge in [0, 0.05) is 11.9 Å². The third kappa shape index (κ3) is 5.31. The van der Waals surface area contributed by atoms with Crippen molar-refractivity contribution in [1.82, 2.24) is 0 Å². The molecule has 2 aromatic carbocycles. The minimum absolute atomic E-state index is 0.515. The Labute approximate surface area is 131 Å². The molecule has 0 aliphatic rings. The van der Waals surface area contributed by atoms with Gasteiger partial charge in [0.2, 0.25) is 0 Å². The van der Waals surface area contributed by atoms with Gasteiger partial charge in [-0.25, -0.2) is 0 Å². The fourth-order valence-corrected chi connectivity index (χ4v) is 2.13. The maximum Gasteiger partial charge on any atom is 0.131 e. The van der Waals surface area contributed by atoms with E-state index in [-0.39, 0.29) is 0 Å². The minimum Gasteiger partial charge on any atom is -0.493 e. The van der Waals surface area contributed by atoms with E-state index in [2.05, 4.69) is 6.92 Å². The van der Waals surface area contributed by atoms with Crippen LogP contribution >= 0.6 is 11.6 Å². The summed E-state index contributed by atoms with van der Waals surface area (Å²) in [6.07, 6.45) is 3.48. The van der Waals surface area contributed by atoms with Gasteiger partial charge >= 0.3 is 0 Å². The second kappa shape index (κ2) is 8.58. The average Bonchev–Trinajstić information content (AvgIpc) is 2.53. The Balaban J connectivity index is 1.93. The smallest absolute Gasteiger partial charge is 0.131 e. The molecule has 0 aromatic heterocycles. The lowest BCUT2D eigenvalue weighted by atomic mass is 10.2. The summed E-state index contributed by atoms with van der Waals surface area (Å²) in [5.41, 5.74) is 1.08. The van der Waals surface area contributed by atoms with Crippen molar-refractivity contribution in [3.05, 3.63) is 54.1 Å². The van der Waals surface area contributed by atoms with Crippen molar-refractivity contribution in [2.24, 2.45) is 0 Å². The van der Waals surface area contributed by atoms with Crippen LogP contribution in [0.1, 0.15) is 31.7 Å². The minimum atomic E-state index is 0.515. The van der Waals surface area contributed by atoms with E-state index in [1.807, 2.05) is 48.5 Å². The van der Waals surface area contributed by atoms with Gasteiger partial charge in [0.15, 0.2) is 0 Å². The molecule has 2 rings (SSSR count). The molecule has 3 heteroatoms. The lowest BCUT2D eigenvalue weighted by Crippen LogP contribution is -1.97. The summed E-state index contributed by atoms with van der Waals surface area (Å²) < 4.78 is 11.5. The molecule has 2 nitrogen and oxygen atoms in total. The van der Waals surface area contributed by atoms with E-state index in [1.165, 1.54) is 12.8 Å². The van der Waals surface area contributed by atoms with Crippen LogP contribution in [0.4, 0.5) is 0 Å². The molecule has 2 aromatic rings. The lowest BCUT2D eigenvalue weighted by Gasteiger charge is -2.09. The predicted molar refractivity (Wildman–Crippen MR) is 87.5 cm³/mol. The molecule has 0 saturated carbocycles. The summed E-state index contributed by atoms with van der Waals surface area (Å²) in [6.45, 7) is 2.94. The van der Waals surface area contributed by atoms with E-state index < -0.39 is 0 Å². The van der Waals surface area contributed by atoms with Crippen LogP contribution in [0.2, 0.25) is 0 Å². The summed E-state index contributed by atoms with van der Waals surface area (Å²) in [6, 6.07) is 15.5. The third-order valence-corrected chi connectivity index (χ3v) is 3.44. The average molecular weight is 305 g/mol. The second-order valence-corrected chi connectivity index (χ2v) is 5.18. The molecule has 0 spiro atoms. The Bertz CT molecular complexity index is 537. The van der Waals surface area contributed by atoms with Gasteiger partial charge in [-0.1, -0.05) is 38.0 Å². The van der Waals surface area contributed by atoms with Crippen LogP contribution in [0.3, 0.4) is 0 Å². The van der Waals surface area contributed by atoms with Crippen molar-refractivity contribution < 1.29 is 9.47 Å². The van der Waals surface area contributed by atoms with Crippen molar-refractivity contribution in [1.29, 1.82) is 0 Å². The maximum atomic E-state index is 5.82.